The molecule has 0 saturated carbocycles. The minimum Gasteiger partial charge on any atom is -0.313 e. The zero-order chi connectivity index (χ0) is 29.6. The van der Waals surface area contributed by atoms with Gasteiger partial charge < -0.3 is 4.57 Å². The minimum absolute atomic E-state index is 0.265. The first-order chi connectivity index (χ1) is 21.5. The molecule has 0 spiro atoms. The molecular formula is C39H33BClNSSi. The van der Waals surface area contributed by atoms with Crippen LogP contribution in [0.2, 0.25) is 17.6 Å². The van der Waals surface area contributed by atoms with E-state index in [4.69, 9.17) is 11.6 Å². The second kappa shape index (κ2) is 10.0. The van der Waals surface area contributed by atoms with E-state index < -0.39 is 8.07 Å². The SMILES string of the molecule is CC[Si]1(C)c2cc(Cl)ccc2B2c3ccc(-c4ccc(-n5c6c(c7ccccc75)CCCC6)cc4)cc3Sc3cccc1c32. The summed E-state index contributed by atoms with van der Waals surface area (Å²) in [6, 6.07) is 40.3. The maximum Gasteiger partial charge on any atom is 0.243 e. The van der Waals surface area contributed by atoms with Crippen molar-refractivity contribution in [1.82, 2.24) is 4.57 Å². The molecule has 0 saturated heterocycles. The molecule has 1 nitrogen and oxygen atoms in total. The van der Waals surface area contributed by atoms with E-state index in [2.05, 4.69) is 121 Å². The maximum atomic E-state index is 6.64. The number of hydrogen-bond donors (Lipinski definition) is 0. The van der Waals surface area contributed by atoms with Crippen molar-refractivity contribution >= 4 is 75.8 Å². The number of rotatable bonds is 3. The zero-order valence-corrected chi connectivity index (χ0v) is 27.7. The monoisotopic (exact) mass is 621 g/mol. The molecule has 1 unspecified atom stereocenters. The Morgan fingerprint density at radius 2 is 1.57 bits per heavy atom. The number of benzene rings is 5. The van der Waals surface area contributed by atoms with Gasteiger partial charge in [0.25, 0.3) is 0 Å². The van der Waals surface area contributed by atoms with Crippen molar-refractivity contribution in [2.45, 2.75) is 55.0 Å². The largest absolute Gasteiger partial charge is 0.313 e. The van der Waals surface area contributed by atoms with Crippen LogP contribution >= 0.6 is 23.4 Å². The number of fused-ring (bicyclic) bond motifs is 7. The van der Waals surface area contributed by atoms with Gasteiger partial charge in [-0.3, -0.25) is 0 Å². The molecule has 2 aliphatic heterocycles. The molecule has 0 radical (unpaired) electrons. The molecule has 1 aliphatic carbocycles. The fourth-order valence-corrected chi connectivity index (χ4v) is 13.7. The molecule has 5 heteroatoms. The van der Waals surface area contributed by atoms with E-state index in [0.29, 0.717) is 0 Å². The highest BCUT2D eigenvalue weighted by Gasteiger charge is 2.46. The first-order valence-corrected chi connectivity index (χ1v) is 19.9. The Hall–Kier alpha value is -3.44. The van der Waals surface area contributed by atoms with Gasteiger partial charge in [0.15, 0.2) is 0 Å². The summed E-state index contributed by atoms with van der Waals surface area (Å²) in [5.74, 6) is 0. The average Bonchev–Trinajstić information content (AvgIpc) is 3.41. The van der Waals surface area contributed by atoms with E-state index >= 15 is 0 Å². The van der Waals surface area contributed by atoms with Gasteiger partial charge in [0, 0.05) is 31.6 Å². The number of para-hydroxylation sites is 1. The Labute approximate surface area is 270 Å². The molecule has 3 heterocycles. The van der Waals surface area contributed by atoms with Crippen molar-refractivity contribution in [1.29, 1.82) is 0 Å². The lowest BCUT2D eigenvalue weighted by Crippen LogP contribution is -2.78. The quantitative estimate of drug-likeness (QED) is 0.187. The highest BCUT2D eigenvalue weighted by atomic mass is 35.5. The van der Waals surface area contributed by atoms with Gasteiger partial charge >= 0.3 is 0 Å². The highest BCUT2D eigenvalue weighted by molar-refractivity contribution is 8.00. The zero-order valence-electron chi connectivity index (χ0n) is 25.2. The summed E-state index contributed by atoms with van der Waals surface area (Å²) in [5.41, 5.74) is 12.7. The summed E-state index contributed by atoms with van der Waals surface area (Å²) in [6.45, 7) is 5.17. The van der Waals surface area contributed by atoms with Crippen LogP contribution < -0.4 is 26.8 Å². The van der Waals surface area contributed by atoms with E-state index in [1.54, 1.807) is 16.2 Å². The van der Waals surface area contributed by atoms with Crippen molar-refractivity contribution in [3.8, 4) is 16.8 Å². The van der Waals surface area contributed by atoms with E-state index in [1.165, 1.54) is 84.6 Å². The van der Waals surface area contributed by atoms with Crippen LogP contribution in [0.5, 0.6) is 0 Å². The van der Waals surface area contributed by atoms with Crippen LogP contribution in [-0.4, -0.2) is 19.4 Å². The van der Waals surface area contributed by atoms with E-state index in [0.717, 1.165) is 11.4 Å². The molecule has 214 valence electrons. The molecule has 5 aromatic carbocycles. The fraction of sp³-hybridized carbons (Fsp3) is 0.179. The van der Waals surface area contributed by atoms with Crippen LogP contribution in [0.1, 0.15) is 31.0 Å². The van der Waals surface area contributed by atoms with Crippen LogP contribution in [0.25, 0.3) is 27.7 Å². The highest BCUT2D eigenvalue weighted by Crippen LogP contribution is 2.37. The van der Waals surface area contributed by atoms with E-state index in [-0.39, 0.29) is 6.71 Å². The molecule has 6 aromatic rings. The van der Waals surface area contributed by atoms with Gasteiger partial charge in [0.05, 0.1) is 5.52 Å². The third-order valence-corrected chi connectivity index (χ3v) is 16.8. The Morgan fingerprint density at radius 3 is 2.43 bits per heavy atom. The molecule has 9 rings (SSSR count). The van der Waals surface area contributed by atoms with Gasteiger partial charge in [-0.1, -0.05) is 130 Å². The van der Waals surface area contributed by atoms with Crippen molar-refractivity contribution in [3.63, 3.8) is 0 Å². The summed E-state index contributed by atoms with van der Waals surface area (Å²) >= 11 is 8.59. The first kappa shape index (κ1) is 26.9. The van der Waals surface area contributed by atoms with Crippen molar-refractivity contribution in [2.24, 2.45) is 0 Å². The van der Waals surface area contributed by atoms with Gasteiger partial charge in [0.2, 0.25) is 6.71 Å². The number of hydrogen-bond acceptors (Lipinski definition) is 1. The average molecular weight is 622 g/mol. The predicted octanol–water partition coefficient (Wildman–Crippen LogP) is 7.34. The minimum atomic E-state index is -1.88. The first-order valence-electron chi connectivity index (χ1n) is 16.0. The van der Waals surface area contributed by atoms with Gasteiger partial charge in [0.1, 0.15) is 8.07 Å². The van der Waals surface area contributed by atoms with Gasteiger partial charge in [-0.2, -0.15) is 0 Å². The lowest BCUT2D eigenvalue weighted by Gasteiger charge is -2.42. The lowest BCUT2D eigenvalue weighted by molar-refractivity contribution is 0.667. The summed E-state index contributed by atoms with van der Waals surface area (Å²) in [4.78, 5) is 2.79. The van der Waals surface area contributed by atoms with Gasteiger partial charge in [-0.05, 0) is 84.8 Å². The van der Waals surface area contributed by atoms with Crippen LogP contribution in [0.4, 0.5) is 0 Å². The summed E-state index contributed by atoms with van der Waals surface area (Å²) < 4.78 is 2.52. The second-order valence-electron chi connectivity index (χ2n) is 13.0. The standard InChI is InChI=1S/C39H33BClNSSi/c1-3-44(2)37-14-8-13-35-39(37)40(32-22-18-27(41)24-38(32)44)31-21-17-26(23-36(31)43-35)25-15-19-28(20-16-25)42-33-11-6-4-9-29(33)30-10-5-7-12-34(30)42/h4,6,8-9,11,13-24H,3,5,7,10,12H2,1-2H3. The lowest BCUT2D eigenvalue weighted by atomic mass is 9.36. The topological polar surface area (TPSA) is 4.93 Å². The third kappa shape index (κ3) is 3.81. The van der Waals surface area contributed by atoms with Crippen LogP contribution in [0.3, 0.4) is 0 Å². The molecule has 0 N–H and O–H groups in total. The molecule has 1 atom stereocenters. The Balaban J connectivity index is 1.14. The molecule has 0 bridgehead atoms. The molecular weight excluding hydrogens is 589 g/mol. The Morgan fingerprint density at radius 1 is 0.773 bits per heavy atom. The predicted molar refractivity (Wildman–Crippen MR) is 193 cm³/mol. The molecule has 0 fully saturated rings. The van der Waals surface area contributed by atoms with Crippen molar-refractivity contribution in [3.05, 3.63) is 119 Å². The molecule has 3 aliphatic rings. The molecule has 0 amide bonds. The van der Waals surface area contributed by atoms with Crippen molar-refractivity contribution in [2.75, 3.05) is 0 Å². The van der Waals surface area contributed by atoms with Crippen LogP contribution in [-0.2, 0) is 12.8 Å². The number of halogens is 1. The molecule has 1 aromatic heterocycles. The smallest absolute Gasteiger partial charge is 0.243 e. The number of aromatic nitrogens is 1. The van der Waals surface area contributed by atoms with Gasteiger partial charge in [-0.15, -0.1) is 0 Å². The fourth-order valence-electron chi connectivity index (χ4n) is 8.43. The Bertz CT molecular complexity index is 2130. The van der Waals surface area contributed by atoms with Crippen LogP contribution in [0.15, 0.2) is 113 Å². The third-order valence-electron chi connectivity index (χ3n) is 10.8. The normalized spacial score (nSPS) is 18.0. The molecule has 44 heavy (non-hydrogen) atoms. The second-order valence-corrected chi connectivity index (χ2v) is 18.9. The number of nitrogens with zero attached hydrogens (tertiary/aromatic N) is 1. The van der Waals surface area contributed by atoms with E-state index in [1.807, 2.05) is 11.8 Å². The number of aryl methyl sites for hydroxylation is 1. The maximum absolute atomic E-state index is 6.64. The van der Waals surface area contributed by atoms with Crippen molar-refractivity contribution < 1.29 is 0 Å². The summed E-state index contributed by atoms with van der Waals surface area (Å²) in [7, 11) is -1.88. The summed E-state index contributed by atoms with van der Waals surface area (Å²) in [5, 5.41) is 5.39. The Kier molecular flexibility index (Phi) is 6.14. The van der Waals surface area contributed by atoms with E-state index in [9.17, 15) is 0 Å². The summed E-state index contributed by atoms with van der Waals surface area (Å²) in [6.07, 6.45) is 4.92. The van der Waals surface area contributed by atoms with Gasteiger partial charge in [-0.25, -0.2) is 0 Å². The van der Waals surface area contributed by atoms with Crippen LogP contribution in [0, 0.1) is 0 Å².